The number of hydrogen-bond acceptors (Lipinski definition) is 9. The van der Waals surface area contributed by atoms with Crippen molar-refractivity contribution in [3.63, 3.8) is 0 Å². The van der Waals surface area contributed by atoms with Crippen molar-refractivity contribution in [2.24, 2.45) is 0 Å². The molecule has 270 valence electrons. The van der Waals surface area contributed by atoms with Gasteiger partial charge in [0.15, 0.2) is 5.65 Å². The SMILES string of the molecule is Nc1ncnc2c1c(-c1ccc(Oc3ccccc3)cc1)nn2C1CCN(C2CCN(CCCC#Cc3ccc(N4CCC(=O)NC4=O)cc3)C2)CC1. The smallest absolute Gasteiger partial charge is 0.328 e. The Hall–Kier alpha value is -5.77. The number of nitrogen functional groups attached to an aromatic ring is 1. The Morgan fingerprint density at radius 3 is 2.38 bits per heavy atom. The lowest BCUT2D eigenvalue weighted by Crippen LogP contribution is -2.49. The molecule has 1 atom stereocenters. The van der Waals surface area contributed by atoms with Gasteiger partial charge in [-0.1, -0.05) is 30.0 Å². The number of rotatable bonds is 9. The number of carbonyl (C=O) groups excluding carboxylic acids is 2. The highest BCUT2D eigenvalue weighted by Gasteiger charge is 2.32. The number of likely N-dealkylation sites (tertiary alicyclic amines) is 2. The topological polar surface area (TPSA) is 135 Å². The van der Waals surface area contributed by atoms with Crippen molar-refractivity contribution in [3.8, 4) is 34.6 Å². The van der Waals surface area contributed by atoms with Crippen molar-refractivity contribution < 1.29 is 14.3 Å². The van der Waals surface area contributed by atoms with Crippen molar-refractivity contribution in [2.45, 2.75) is 50.6 Å². The lowest BCUT2D eigenvalue weighted by molar-refractivity contribution is -0.120. The number of piperidine rings is 1. The molecule has 8 rings (SSSR count). The second-order valence-electron chi connectivity index (χ2n) is 13.9. The van der Waals surface area contributed by atoms with E-state index in [2.05, 4.69) is 41.6 Å². The van der Waals surface area contributed by atoms with Crippen LogP contribution in [0.1, 0.15) is 50.1 Å². The molecule has 0 aliphatic carbocycles. The number of aromatic nitrogens is 4. The number of urea groups is 1. The first-order valence-corrected chi connectivity index (χ1v) is 18.5. The summed E-state index contributed by atoms with van der Waals surface area (Å²) in [5.41, 5.74) is 10.6. The molecule has 12 nitrogen and oxygen atoms in total. The van der Waals surface area contributed by atoms with Gasteiger partial charge in [0.2, 0.25) is 5.91 Å². The van der Waals surface area contributed by atoms with E-state index in [4.69, 9.17) is 15.6 Å². The predicted octanol–water partition coefficient (Wildman–Crippen LogP) is 5.86. The molecular formula is C41H43N9O3. The molecule has 5 heterocycles. The van der Waals surface area contributed by atoms with E-state index in [0.717, 1.165) is 103 Å². The fourth-order valence-corrected chi connectivity index (χ4v) is 7.66. The maximum atomic E-state index is 12.1. The molecule has 3 N–H and O–H groups in total. The van der Waals surface area contributed by atoms with Crippen LogP contribution < -0.4 is 20.7 Å². The molecule has 3 aliphatic heterocycles. The number of carbonyl (C=O) groups is 2. The van der Waals surface area contributed by atoms with Crippen LogP contribution in [0.2, 0.25) is 0 Å². The molecule has 5 aromatic rings. The predicted molar refractivity (Wildman–Crippen MR) is 204 cm³/mol. The van der Waals surface area contributed by atoms with Crippen LogP contribution in [0.3, 0.4) is 0 Å². The molecule has 12 heteroatoms. The molecule has 3 amide bonds. The molecular weight excluding hydrogens is 667 g/mol. The van der Waals surface area contributed by atoms with Gasteiger partial charge in [-0.05, 0) is 99.4 Å². The van der Waals surface area contributed by atoms with E-state index in [1.807, 2.05) is 78.9 Å². The molecule has 0 saturated carbocycles. The molecule has 3 aliphatic rings. The average molecular weight is 710 g/mol. The number of nitrogens with two attached hydrogens (primary N) is 1. The highest BCUT2D eigenvalue weighted by molar-refractivity contribution is 6.05. The molecule has 3 fully saturated rings. The number of unbranched alkanes of at least 4 members (excludes halogenated alkanes) is 1. The first-order valence-electron chi connectivity index (χ1n) is 18.5. The average Bonchev–Trinajstić information content (AvgIpc) is 3.82. The Bertz CT molecular complexity index is 2130. The number of imide groups is 1. The minimum absolute atomic E-state index is 0.231. The van der Waals surface area contributed by atoms with E-state index in [9.17, 15) is 9.59 Å². The molecule has 0 radical (unpaired) electrons. The Labute approximate surface area is 308 Å². The van der Waals surface area contributed by atoms with Crippen LogP contribution in [0.25, 0.3) is 22.3 Å². The summed E-state index contributed by atoms with van der Waals surface area (Å²) in [6.07, 6.45) is 6.91. The highest BCUT2D eigenvalue weighted by atomic mass is 16.5. The zero-order valence-electron chi connectivity index (χ0n) is 29.7. The van der Waals surface area contributed by atoms with Crippen LogP contribution in [0, 0.1) is 11.8 Å². The highest BCUT2D eigenvalue weighted by Crippen LogP contribution is 2.36. The van der Waals surface area contributed by atoms with E-state index in [0.29, 0.717) is 24.8 Å². The number of benzene rings is 3. The first-order chi connectivity index (χ1) is 26.0. The van der Waals surface area contributed by atoms with Gasteiger partial charge in [0.05, 0.1) is 11.4 Å². The molecule has 3 aromatic carbocycles. The van der Waals surface area contributed by atoms with Crippen molar-refractivity contribution in [1.82, 2.24) is 34.9 Å². The van der Waals surface area contributed by atoms with E-state index in [1.54, 1.807) is 4.90 Å². The number of para-hydroxylation sites is 1. The third-order valence-corrected chi connectivity index (χ3v) is 10.5. The minimum Gasteiger partial charge on any atom is -0.457 e. The number of anilines is 2. The molecule has 0 spiro atoms. The van der Waals surface area contributed by atoms with Gasteiger partial charge in [-0.2, -0.15) is 5.10 Å². The van der Waals surface area contributed by atoms with Crippen LogP contribution in [0.15, 0.2) is 85.2 Å². The number of nitrogens with zero attached hydrogens (tertiary/aromatic N) is 7. The largest absolute Gasteiger partial charge is 0.457 e. The van der Waals surface area contributed by atoms with Crippen LogP contribution >= 0.6 is 0 Å². The van der Waals surface area contributed by atoms with Crippen LogP contribution in [-0.4, -0.2) is 86.8 Å². The fraction of sp³-hybridized carbons (Fsp3) is 0.341. The van der Waals surface area contributed by atoms with Crippen LogP contribution in [-0.2, 0) is 4.79 Å². The molecule has 2 aromatic heterocycles. The maximum Gasteiger partial charge on any atom is 0.328 e. The number of hydrogen-bond donors (Lipinski definition) is 2. The van der Waals surface area contributed by atoms with Gasteiger partial charge in [-0.15, -0.1) is 0 Å². The van der Waals surface area contributed by atoms with Gasteiger partial charge in [0, 0.05) is 61.9 Å². The van der Waals surface area contributed by atoms with E-state index >= 15 is 0 Å². The number of ether oxygens (including phenoxy) is 1. The zero-order valence-corrected chi connectivity index (χ0v) is 29.7. The quantitative estimate of drug-likeness (QED) is 0.143. The van der Waals surface area contributed by atoms with Gasteiger partial charge in [0.1, 0.15) is 29.3 Å². The summed E-state index contributed by atoms with van der Waals surface area (Å²) < 4.78 is 8.09. The van der Waals surface area contributed by atoms with Gasteiger partial charge >= 0.3 is 6.03 Å². The summed E-state index contributed by atoms with van der Waals surface area (Å²) in [4.78, 5) is 39.3. The summed E-state index contributed by atoms with van der Waals surface area (Å²) in [6, 6.07) is 25.7. The monoisotopic (exact) mass is 709 g/mol. The van der Waals surface area contributed by atoms with Gasteiger partial charge in [-0.3, -0.25) is 19.9 Å². The normalized spacial score (nSPS) is 18.6. The number of fused-ring (bicyclic) bond motifs is 1. The summed E-state index contributed by atoms with van der Waals surface area (Å²) in [6.45, 7) is 5.70. The van der Waals surface area contributed by atoms with Gasteiger partial charge in [0.25, 0.3) is 0 Å². The Kier molecular flexibility index (Phi) is 10.0. The van der Waals surface area contributed by atoms with Gasteiger partial charge in [-0.25, -0.2) is 19.4 Å². The zero-order chi connectivity index (χ0) is 36.1. The van der Waals surface area contributed by atoms with Crippen molar-refractivity contribution in [3.05, 3.63) is 90.8 Å². The summed E-state index contributed by atoms with van der Waals surface area (Å²) in [5.74, 6) is 8.33. The van der Waals surface area contributed by atoms with Crippen LogP contribution in [0.5, 0.6) is 11.5 Å². The Morgan fingerprint density at radius 2 is 1.60 bits per heavy atom. The second kappa shape index (κ2) is 15.5. The van der Waals surface area contributed by atoms with Crippen LogP contribution in [0.4, 0.5) is 16.3 Å². The fourth-order valence-electron chi connectivity index (χ4n) is 7.66. The third-order valence-electron chi connectivity index (χ3n) is 10.5. The number of amides is 3. The standard InChI is InChI=1S/C41H43N9O3/c42-39-37-38(30-12-16-35(17-13-30)53-34-8-4-1-5-9-34)46-50(40(37)44-28-43-39)32-19-24-48(25-20-32)33-18-23-47(27-33)22-6-2-3-7-29-10-14-31(15-11-29)49-26-21-36(51)45-41(49)52/h1,4-5,8-17,28,32-33H,2,6,18-27H2,(H2,42,43,44)(H,45,51,52). The van der Waals surface area contributed by atoms with E-state index in [-0.39, 0.29) is 18.0 Å². The molecule has 0 bridgehead atoms. The summed E-state index contributed by atoms with van der Waals surface area (Å²) in [7, 11) is 0. The van der Waals surface area contributed by atoms with E-state index in [1.165, 1.54) is 12.7 Å². The lowest BCUT2D eigenvalue weighted by atomic mass is 10.0. The van der Waals surface area contributed by atoms with Crippen molar-refractivity contribution in [1.29, 1.82) is 0 Å². The van der Waals surface area contributed by atoms with Crippen molar-refractivity contribution >= 4 is 34.5 Å². The minimum atomic E-state index is -0.374. The summed E-state index contributed by atoms with van der Waals surface area (Å²) >= 11 is 0. The maximum absolute atomic E-state index is 12.1. The third kappa shape index (κ3) is 7.72. The van der Waals surface area contributed by atoms with Gasteiger partial charge < -0.3 is 15.4 Å². The molecule has 3 saturated heterocycles. The summed E-state index contributed by atoms with van der Waals surface area (Å²) in [5, 5.41) is 8.27. The number of nitrogens with one attached hydrogen (secondary N) is 1. The van der Waals surface area contributed by atoms with Crippen molar-refractivity contribution in [2.75, 3.05) is 49.9 Å². The second-order valence-corrected chi connectivity index (χ2v) is 13.9. The lowest BCUT2D eigenvalue weighted by Gasteiger charge is -2.36. The first kappa shape index (κ1) is 34.3. The Balaban J connectivity index is 0.822. The Morgan fingerprint density at radius 1 is 0.849 bits per heavy atom. The molecule has 53 heavy (non-hydrogen) atoms. The van der Waals surface area contributed by atoms with E-state index < -0.39 is 0 Å². The molecule has 1 unspecified atom stereocenters.